The third kappa shape index (κ3) is 5.07. The van der Waals surface area contributed by atoms with Crippen LogP contribution in [0.4, 0.5) is 15.2 Å². The van der Waals surface area contributed by atoms with Gasteiger partial charge >= 0.3 is 0 Å². The van der Waals surface area contributed by atoms with E-state index in [0.717, 1.165) is 23.1 Å². The number of hydrogen-bond donors (Lipinski definition) is 0. The summed E-state index contributed by atoms with van der Waals surface area (Å²) in [6, 6.07) is 12.7. The highest BCUT2D eigenvalue weighted by molar-refractivity contribution is 7.15. The topological polar surface area (TPSA) is 36.4 Å². The van der Waals surface area contributed by atoms with Gasteiger partial charge < -0.3 is 9.80 Å². The van der Waals surface area contributed by atoms with Gasteiger partial charge in [-0.1, -0.05) is 11.6 Å². The predicted octanol–water partition coefficient (Wildman–Crippen LogP) is 5.80. The summed E-state index contributed by atoms with van der Waals surface area (Å²) in [6.45, 7) is 2.43. The Morgan fingerprint density at radius 1 is 1.10 bits per heavy atom. The molecule has 1 aliphatic rings. The van der Waals surface area contributed by atoms with E-state index in [1.54, 1.807) is 52.6 Å². The van der Waals surface area contributed by atoms with Crippen molar-refractivity contribution < 1.29 is 9.18 Å². The van der Waals surface area contributed by atoms with Crippen molar-refractivity contribution in [1.29, 1.82) is 0 Å². The van der Waals surface area contributed by atoms with Gasteiger partial charge in [-0.3, -0.25) is 4.79 Å². The predicted molar refractivity (Wildman–Crippen MR) is 119 cm³/mol. The highest BCUT2D eigenvalue weighted by Crippen LogP contribution is 2.29. The summed E-state index contributed by atoms with van der Waals surface area (Å²) in [7, 11) is 0. The number of halogens is 3. The first kappa shape index (κ1) is 21.6. The maximum atomic E-state index is 13.4. The largest absolute Gasteiger partial charge is 0.348 e. The molecule has 0 atom stereocenters. The Hall–Kier alpha value is -2.15. The summed E-state index contributed by atoms with van der Waals surface area (Å²) in [4.78, 5) is 22.6. The molecule has 29 heavy (non-hydrogen) atoms. The van der Waals surface area contributed by atoms with Gasteiger partial charge in [-0.2, -0.15) is 0 Å². The molecule has 4 rings (SSSR count). The zero-order valence-corrected chi connectivity index (χ0v) is 17.9. The van der Waals surface area contributed by atoms with Crippen molar-refractivity contribution in [3.63, 3.8) is 0 Å². The number of amides is 1. The lowest BCUT2D eigenvalue weighted by Gasteiger charge is -2.22. The normalized spacial score (nSPS) is 13.2. The van der Waals surface area contributed by atoms with Crippen molar-refractivity contribution in [2.24, 2.45) is 0 Å². The number of benzene rings is 2. The van der Waals surface area contributed by atoms with E-state index in [1.165, 1.54) is 25.0 Å². The summed E-state index contributed by atoms with van der Waals surface area (Å²) in [6.07, 6.45) is 4.20. The summed E-state index contributed by atoms with van der Waals surface area (Å²) in [5, 5.41) is 1.56. The Bertz CT molecular complexity index is 957. The number of rotatable bonds is 5. The molecule has 0 saturated carbocycles. The lowest BCUT2D eigenvalue weighted by atomic mass is 10.1. The maximum Gasteiger partial charge on any atom is 0.258 e. The van der Waals surface area contributed by atoms with Gasteiger partial charge in [-0.05, 0) is 61.4 Å². The third-order valence-corrected chi connectivity index (χ3v) is 6.00. The van der Waals surface area contributed by atoms with Crippen LogP contribution in [0, 0.1) is 5.82 Å². The van der Waals surface area contributed by atoms with Crippen molar-refractivity contribution in [1.82, 2.24) is 4.98 Å². The zero-order valence-electron chi connectivity index (χ0n) is 15.6. The molecule has 1 amide bonds. The van der Waals surface area contributed by atoms with Crippen LogP contribution in [0.15, 0.2) is 54.7 Å². The van der Waals surface area contributed by atoms with Crippen molar-refractivity contribution in [3.05, 3.63) is 76.0 Å². The van der Waals surface area contributed by atoms with Crippen LogP contribution in [-0.4, -0.2) is 24.0 Å². The van der Waals surface area contributed by atoms with Crippen LogP contribution in [0.3, 0.4) is 0 Å². The van der Waals surface area contributed by atoms with E-state index < -0.39 is 0 Å². The second-order valence-corrected chi connectivity index (χ2v) is 8.21. The van der Waals surface area contributed by atoms with Gasteiger partial charge in [-0.15, -0.1) is 23.7 Å². The molecule has 0 radical (unpaired) electrons. The minimum absolute atomic E-state index is 0. The van der Waals surface area contributed by atoms with E-state index in [-0.39, 0.29) is 24.1 Å². The Morgan fingerprint density at radius 3 is 2.41 bits per heavy atom. The van der Waals surface area contributed by atoms with Crippen LogP contribution >= 0.6 is 35.3 Å². The molecule has 1 aromatic heterocycles. The summed E-state index contributed by atoms with van der Waals surface area (Å²) in [5.74, 6) is -0.504. The molecule has 0 spiro atoms. The van der Waals surface area contributed by atoms with Crippen LogP contribution in [0.25, 0.3) is 0 Å². The smallest absolute Gasteiger partial charge is 0.258 e. The molecule has 0 N–H and O–H groups in total. The van der Waals surface area contributed by atoms with Crippen molar-refractivity contribution in [2.45, 2.75) is 19.4 Å². The number of carbonyl (C=O) groups excluding carboxylic acids is 1. The standard InChI is InChI=1S/C21H19ClFN3OS.ClH/c22-16-5-3-15(4-6-16)20(27)26(18-9-7-17(23)8-10-18)14-19-13-24-21(28-19)25-11-1-2-12-25;/h3-10,13H,1-2,11-12,14H2;1H. The highest BCUT2D eigenvalue weighted by atomic mass is 35.5. The summed E-state index contributed by atoms with van der Waals surface area (Å²) in [5.41, 5.74) is 1.16. The molecule has 4 nitrogen and oxygen atoms in total. The second kappa shape index (κ2) is 9.57. The molecule has 1 saturated heterocycles. The number of hydrogen-bond acceptors (Lipinski definition) is 4. The second-order valence-electron chi connectivity index (χ2n) is 6.68. The Kier molecular flexibility index (Phi) is 7.11. The molecular formula is C21H20Cl2FN3OS. The van der Waals surface area contributed by atoms with Gasteiger partial charge in [0.2, 0.25) is 0 Å². The first-order chi connectivity index (χ1) is 13.6. The van der Waals surface area contributed by atoms with E-state index in [4.69, 9.17) is 11.6 Å². The molecule has 0 unspecified atom stereocenters. The average molecular weight is 452 g/mol. The molecule has 2 heterocycles. The van der Waals surface area contributed by atoms with Crippen LogP contribution in [0.2, 0.25) is 5.02 Å². The van der Waals surface area contributed by atoms with Gasteiger partial charge in [-0.25, -0.2) is 9.37 Å². The van der Waals surface area contributed by atoms with E-state index in [9.17, 15) is 9.18 Å². The molecule has 3 aromatic rings. The number of carbonyl (C=O) groups is 1. The minimum Gasteiger partial charge on any atom is -0.348 e. The number of aromatic nitrogens is 1. The fraction of sp³-hybridized carbons (Fsp3) is 0.238. The van der Waals surface area contributed by atoms with Crippen LogP contribution < -0.4 is 9.80 Å². The molecule has 1 fully saturated rings. The van der Waals surface area contributed by atoms with E-state index in [2.05, 4.69) is 9.88 Å². The van der Waals surface area contributed by atoms with Gasteiger partial charge in [0.25, 0.3) is 5.91 Å². The van der Waals surface area contributed by atoms with Crippen molar-refractivity contribution >= 4 is 52.1 Å². The molecule has 1 aliphatic heterocycles. The van der Waals surface area contributed by atoms with E-state index >= 15 is 0 Å². The van der Waals surface area contributed by atoms with Gasteiger partial charge in [0.1, 0.15) is 5.82 Å². The fourth-order valence-electron chi connectivity index (χ4n) is 3.23. The average Bonchev–Trinajstić information content (AvgIpc) is 3.39. The quantitative estimate of drug-likeness (QED) is 0.491. The van der Waals surface area contributed by atoms with Gasteiger partial charge in [0.05, 0.1) is 6.54 Å². The van der Waals surface area contributed by atoms with E-state index in [0.29, 0.717) is 22.8 Å². The Morgan fingerprint density at radius 2 is 1.76 bits per heavy atom. The highest BCUT2D eigenvalue weighted by Gasteiger charge is 2.21. The van der Waals surface area contributed by atoms with Crippen LogP contribution in [0.5, 0.6) is 0 Å². The van der Waals surface area contributed by atoms with E-state index in [1.807, 2.05) is 6.20 Å². The van der Waals surface area contributed by atoms with Crippen molar-refractivity contribution in [3.8, 4) is 0 Å². The molecule has 152 valence electrons. The first-order valence-corrected chi connectivity index (χ1v) is 10.3. The summed E-state index contributed by atoms with van der Waals surface area (Å²) < 4.78 is 13.4. The Balaban J connectivity index is 0.00000240. The minimum atomic E-state index is -0.336. The SMILES string of the molecule is Cl.O=C(c1ccc(Cl)cc1)N(Cc1cnc(N2CCCC2)s1)c1ccc(F)cc1. The maximum absolute atomic E-state index is 13.4. The molecule has 8 heteroatoms. The van der Waals surface area contributed by atoms with Crippen molar-refractivity contribution in [2.75, 3.05) is 22.9 Å². The molecule has 0 bridgehead atoms. The zero-order chi connectivity index (χ0) is 19.5. The lowest BCUT2D eigenvalue weighted by Crippen LogP contribution is -2.30. The number of nitrogens with zero attached hydrogens (tertiary/aromatic N) is 3. The Labute approximate surface area is 184 Å². The van der Waals surface area contributed by atoms with Gasteiger partial charge in [0.15, 0.2) is 5.13 Å². The molecule has 0 aliphatic carbocycles. The fourth-order valence-corrected chi connectivity index (χ4v) is 4.31. The molecular weight excluding hydrogens is 432 g/mol. The lowest BCUT2D eigenvalue weighted by molar-refractivity contribution is 0.0985. The number of anilines is 2. The third-order valence-electron chi connectivity index (χ3n) is 4.71. The first-order valence-electron chi connectivity index (χ1n) is 9.13. The molecule has 2 aromatic carbocycles. The van der Waals surface area contributed by atoms with Gasteiger partial charge in [0, 0.05) is 40.4 Å². The van der Waals surface area contributed by atoms with Crippen LogP contribution in [0.1, 0.15) is 28.1 Å². The summed E-state index contributed by atoms with van der Waals surface area (Å²) >= 11 is 7.54. The van der Waals surface area contributed by atoms with Crippen LogP contribution in [-0.2, 0) is 6.54 Å². The monoisotopic (exact) mass is 451 g/mol. The number of thiazole rings is 1.